The summed E-state index contributed by atoms with van der Waals surface area (Å²) in [4.78, 5) is 11.7. The summed E-state index contributed by atoms with van der Waals surface area (Å²) in [6.07, 6.45) is 2.73. The van der Waals surface area contributed by atoms with Crippen molar-refractivity contribution in [1.29, 1.82) is 5.26 Å². The van der Waals surface area contributed by atoms with Gasteiger partial charge < -0.3 is 10.3 Å². The number of rotatable bonds is 3. The van der Waals surface area contributed by atoms with E-state index in [-0.39, 0.29) is 5.56 Å². The van der Waals surface area contributed by atoms with Gasteiger partial charge >= 0.3 is 0 Å². The molecule has 80 valence electrons. The third kappa shape index (κ3) is 2.60. The second-order valence-corrected chi connectivity index (χ2v) is 4.08. The molecule has 1 rings (SSSR count). The summed E-state index contributed by atoms with van der Waals surface area (Å²) in [6.45, 7) is 2.32. The summed E-state index contributed by atoms with van der Waals surface area (Å²) in [5.41, 5.74) is 6.98. The second-order valence-electron chi connectivity index (χ2n) is 3.28. The van der Waals surface area contributed by atoms with Crippen molar-refractivity contribution < 1.29 is 0 Å². The van der Waals surface area contributed by atoms with Crippen molar-refractivity contribution in [2.45, 2.75) is 26.3 Å². The standard InChI is InChI=1S/C10H12BrN3O/c1-7-8(13)6-14(5-3-2-4-12)10(15)9(7)11/h6H,2-3,5,13H2,1H3. The van der Waals surface area contributed by atoms with Crippen LogP contribution in [0.2, 0.25) is 0 Å². The highest BCUT2D eigenvalue weighted by molar-refractivity contribution is 9.10. The first-order valence-corrected chi connectivity index (χ1v) is 5.39. The zero-order chi connectivity index (χ0) is 11.4. The highest BCUT2D eigenvalue weighted by Crippen LogP contribution is 2.17. The summed E-state index contributed by atoms with van der Waals surface area (Å²) < 4.78 is 2.03. The van der Waals surface area contributed by atoms with Crippen LogP contribution in [-0.4, -0.2) is 4.57 Å². The molecule has 1 aromatic rings. The molecule has 0 atom stereocenters. The molecule has 0 aromatic carbocycles. The summed E-state index contributed by atoms with van der Waals surface area (Å²) >= 11 is 3.21. The van der Waals surface area contributed by atoms with Crippen molar-refractivity contribution in [1.82, 2.24) is 4.57 Å². The molecule has 15 heavy (non-hydrogen) atoms. The molecule has 0 aliphatic carbocycles. The van der Waals surface area contributed by atoms with Crippen LogP contribution < -0.4 is 11.3 Å². The number of anilines is 1. The van der Waals surface area contributed by atoms with E-state index >= 15 is 0 Å². The predicted molar refractivity (Wildman–Crippen MR) is 62.4 cm³/mol. The van der Waals surface area contributed by atoms with Gasteiger partial charge in [0.2, 0.25) is 0 Å². The van der Waals surface area contributed by atoms with E-state index in [4.69, 9.17) is 11.0 Å². The Hall–Kier alpha value is -1.28. The van der Waals surface area contributed by atoms with Gasteiger partial charge in [0.1, 0.15) is 0 Å². The van der Waals surface area contributed by atoms with E-state index < -0.39 is 0 Å². The quantitative estimate of drug-likeness (QED) is 0.851. The molecule has 0 saturated heterocycles. The number of unbranched alkanes of at least 4 members (excludes halogenated alkanes) is 1. The van der Waals surface area contributed by atoms with Gasteiger partial charge in [0.15, 0.2) is 0 Å². The van der Waals surface area contributed by atoms with E-state index in [0.717, 1.165) is 5.56 Å². The second kappa shape index (κ2) is 4.99. The Labute approximate surface area is 96.4 Å². The number of aromatic nitrogens is 1. The summed E-state index contributed by atoms with van der Waals surface area (Å²) in [6, 6.07) is 2.04. The van der Waals surface area contributed by atoms with Crippen molar-refractivity contribution >= 4 is 21.6 Å². The van der Waals surface area contributed by atoms with Crippen LogP contribution in [0, 0.1) is 18.3 Å². The summed E-state index contributed by atoms with van der Waals surface area (Å²) in [5.74, 6) is 0. The lowest BCUT2D eigenvalue weighted by molar-refractivity contribution is 0.630. The predicted octanol–water partition coefficient (Wildman–Crippen LogP) is 1.81. The van der Waals surface area contributed by atoms with Gasteiger partial charge in [-0.1, -0.05) is 0 Å². The molecule has 4 nitrogen and oxygen atoms in total. The third-order valence-electron chi connectivity index (χ3n) is 2.19. The van der Waals surface area contributed by atoms with Gasteiger partial charge in [-0.2, -0.15) is 5.26 Å². The number of hydrogen-bond donors (Lipinski definition) is 1. The molecule has 5 heteroatoms. The molecule has 0 aliphatic rings. The zero-order valence-electron chi connectivity index (χ0n) is 8.46. The number of aryl methyl sites for hydroxylation is 1. The molecule has 0 radical (unpaired) electrons. The number of halogens is 1. The lowest BCUT2D eigenvalue weighted by Crippen LogP contribution is -2.22. The maximum Gasteiger partial charge on any atom is 0.265 e. The Bertz CT molecular complexity index is 459. The molecule has 1 heterocycles. The van der Waals surface area contributed by atoms with Crippen LogP contribution in [0.25, 0.3) is 0 Å². The average Bonchev–Trinajstić information content (AvgIpc) is 2.23. The van der Waals surface area contributed by atoms with Crippen molar-refractivity contribution in [3.8, 4) is 6.07 Å². The first-order chi connectivity index (χ1) is 7.07. The minimum Gasteiger partial charge on any atom is -0.397 e. The molecular weight excluding hydrogens is 258 g/mol. The van der Waals surface area contributed by atoms with E-state index in [1.807, 2.05) is 6.07 Å². The molecule has 0 saturated carbocycles. The van der Waals surface area contributed by atoms with Gasteiger partial charge in [0, 0.05) is 19.2 Å². The fraction of sp³-hybridized carbons (Fsp3) is 0.400. The number of nitrogens with zero attached hydrogens (tertiary/aromatic N) is 2. The van der Waals surface area contributed by atoms with Crippen molar-refractivity contribution in [2.75, 3.05) is 5.73 Å². The van der Waals surface area contributed by atoms with Crippen molar-refractivity contribution in [3.63, 3.8) is 0 Å². The van der Waals surface area contributed by atoms with Crippen LogP contribution in [0.15, 0.2) is 15.5 Å². The molecular formula is C10H12BrN3O. The number of nitrogen functional groups attached to an aromatic ring is 1. The Morgan fingerprint density at radius 3 is 2.93 bits per heavy atom. The van der Waals surface area contributed by atoms with Crippen LogP contribution in [0.3, 0.4) is 0 Å². The molecule has 0 spiro atoms. The molecule has 1 aromatic heterocycles. The van der Waals surface area contributed by atoms with Crippen molar-refractivity contribution in [2.24, 2.45) is 0 Å². The Morgan fingerprint density at radius 2 is 2.33 bits per heavy atom. The van der Waals surface area contributed by atoms with E-state index in [1.165, 1.54) is 4.57 Å². The topological polar surface area (TPSA) is 71.8 Å². The number of nitrogens with two attached hydrogens (primary N) is 1. The smallest absolute Gasteiger partial charge is 0.265 e. The van der Waals surface area contributed by atoms with Gasteiger partial charge in [-0.05, 0) is 34.8 Å². The van der Waals surface area contributed by atoms with Crippen LogP contribution in [-0.2, 0) is 6.54 Å². The maximum absolute atomic E-state index is 11.7. The Balaban J connectivity index is 3.01. The lowest BCUT2D eigenvalue weighted by atomic mass is 10.2. The van der Waals surface area contributed by atoms with E-state index in [1.54, 1.807) is 13.1 Å². The molecule has 0 aliphatic heterocycles. The van der Waals surface area contributed by atoms with Crippen LogP contribution >= 0.6 is 15.9 Å². The SMILES string of the molecule is Cc1c(N)cn(CCCC#N)c(=O)c1Br. The maximum atomic E-state index is 11.7. The zero-order valence-corrected chi connectivity index (χ0v) is 10.0. The van der Waals surface area contributed by atoms with Crippen LogP contribution in [0.4, 0.5) is 5.69 Å². The molecule has 0 unspecified atom stereocenters. The molecule has 0 fully saturated rings. The van der Waals surface area contributed by atoms with Gasteiger partial charge in [-0.15, -0.1) is 0 Å². The van der Waals surface area contributed by atoms with Gasteiger partial charge in [0.25, 0.3) is 5.56 Å². The number of hydrogen-bond acceptors (Lipinski definition) is 3. The minimum atomic E-state index is -0.0976. The average molecular weight is 270 g/mol. The fourth-order valence-electron chi connectivity index (χ4n) is 1.23. The molecule has 0 bridgehead atoms. The summed E-state index contributed by atoms with van der Waals surface area (Å²) in [5, 5.41) is 8.40. The van der Waals surface area contributed by atoms with Gasteiger partial charge in [0.05, 0.1) is 16.2 Å². The summed E-state index contributed by atoms with van der Waals surface area (Å²) in [7, 11) is 0. The number of pyridine rings is 1. The first-order valence-electron chi connectivity index (χ1n) is 4.60. The number of nitriles is 1. The monoisotopic (exact) mass is 269 g/mol. The third-order valence-corrected chi connectivity index (χ3v) is 3.13. The minimum absolute atomic E-state index is 0.0976. The van der Waals surface area contributed by atoms with E-state index in [2.05, 4.69) is 15.9 Å². The fourth-order valence-corrected chi connectivity index (χ4v) is 1.69. The van der Waals surface area contributed by atoms with E-state index in [0.29, 0.717) is 29.5 Å². The largest absolute Gasteiger partial charge is 0.397 e. The highest BCUT2D eigenvalue weighted by Gasteiger charge is 2.07. The van der Waals surface area contributed by atoms with E-state index in [9.17, 15) is 4.79 Å². The molecule has 0 amide bonds. The Morgan fingerprint density at radius 1 is 1.67 bits per heavy atom. The first kappa shape index (κ1) is 11.8. The normalized spacial score (nSPS) is 9.93. The van der Waals surface area contributed by atoms with Crippen molar-refractivity contribution in [3.05, 3.63) is 26.6 Å². The Kier molecular flexibility index (Phi) is 3.92. The molecule has 2 N–H and O–H groups in total. The van der Waals surface area contributed by atoms with Gasteiger partial charge in [-0.3, -0.25) is 4.79 Å². The lowest BCUT2D eigenvalue weighted by Gasteiger charge is -2.09. The highest BCUT2D eigenvalue weighted by atomic mass is 79.9. The van der Waals surface area contributed by atoms with Crippen LogP contribution in [0.5, 0.6) is 0 Å². The van der Waals surface area contributed by atoms with Crippen LogP contribution in [0.1, 0.15) is 18.4 Å². The van der Waals surface area contributed by atoms with Gasteiger partial charge in [-0.25, -0.2) is 0 Å².